The second kappa shape index (κ2) is 9.49. The second-order valence-electron chi connectivity index (χ2n) is 7.79. The van der Waals surface area contributed by atoms with Crippen LogP contribution in [0.15, 0.2) is 54.1 Å². The van der Waals surface area contributed by atoms with Gasteiger partial charge in [0.2, 0.25) is 0 Å². The molecule has 0 bridgehead atoms. The fraction of sp³-hybridized carbons (Fsp3) is 0.318. The van der Waals surface area contributed by atoms with Crippen molar-refractivity contribution in [1.29, 1.82) is 0 Å². The van der Waals surface area contributed by atoms with Crippen molar-refractivity contribution in [2.45, 2.75) is 29.8 Å². The SMILES string of the molecule is C[C@H](Sc1nncn1C)c1cccc(NC(=O)c2cc(C(=O)N3CC[C@H](N)C3)ccn2)c1. The van der Waals surface area contributed by atoms with E-state index < -0.39 is 0 Å². The number of rotatable bonds is 6. The third kappa shape index (κ3) is 4.97. The Balaban J connectivity index is 1.44. The van der Waals surface area contributed by atoms with Crippen LogP contribution in [0.4, 0.5) is 5.69 Å². The first-order valence-corrected chi connectivity index (χ1v) is 11.2. The number of anilines is 1. The van der Waals surface area contributed by atoms with Gasteiger partial charge in [0.25, 0.3) is 11.8 Å². The standard InChI is InChI=1S/C22H25N7O2S/c1-14(32-22-27-25-13-28(22)2)15-4-3-5-18(10-15)26-20(30)19-11-16(6-8-24-19)21(31)29-9-7-17(23)12-29/h3-6,8,10-11,13-14,17H,7,9,12,23H2,1-2H3,(H,26,30)/t14-,17-/m0/s1. The highest BCUT2D eigenvalue weighted by atomic mass is 32.2. The van der Waals surface area contributed by atoms with E-state index in [0.717, 1.165) is 17.1 Å². The maximum Gasteiger partial charge on any atom is 0.274 e. The van der Waals surface area contributed by atoms with Crippen LogP contribution >= 0.6 is 11.8 Å². The molecule has 0 radical (unpaired) electrons. The van der Waals surface area contributed by atoms with Crippen LogP contribution in [0.5, 0.6) is 0 Å². The largest absolute Gasteiger partial charge is 0.337 e. The van der Waals surface area contributed by atoms with Gasteiger partial charge < -0.3 is 20.5 Å². The number of carbonyl (C=O) groups is 2. The molecular formula is C22H25N7O2S. The molecule has 3 aromatic rings. The van der Waals surface area contributed by atoms with E-state index in [1.165, 1.54) is 12.3 Å². The minimum atomic E-state index is -0.372. The zero-order valence-corrected chi connectivity index (χ0v) is 18.7. The number of hydrogen-bond acceptors (Lipinski definition) is 7. The molecule has 9 nitrogen and oxygen atoms in total. The lowest BCUT2D eigenvalue weighted by Crippen LogP contribution is -2.32. The van der Waals surface area contributed by atoms with Crippen LogP contribution in [0.25, 0.3) is 0 Å². The normalized spacial score (nSPS) is 16.7. The third-order valence-corrected chi connectivity index (χ3v) is 6.52. The van der Waals surface area contributed by atoms with Crippen LogP contribution in [-0.2, 0) is 7.05 Å². The lowest BCUT2D eigenvalue weighted by atomic mass is 10.1. The van der Waals surface area contributed by atoms with Crippen molar-refractivity contribution in [3.63, 3.8) is 0 Å². The molecule has 3 heterocycles. The predicted octanol–water partition coefficient (Wildman–Crippen LogP) is 2.49. The lowest BCUT2D eigenvalue weighted by Gasteiger charge is -2.16. The fourth-order valence-corrected chi connectivity index (χ4v) is 4.42. The van der Waals surface area contributed by atoms with Crippen LogP contribution in [0, 0.1) is 0 Å². The van der Waals surface area contributed by atoms with Gasteiger partial charge >= 0.3 is 0 Å². The van der Waals surface area contributed by atoms with Gasteiger partial charge in [-0.3, -0.25) is 14.6 Å². The van der Waals surface area contributed by atoms with Gasteiger partial charge in [0.05, 0.1) is 0 Å². The summed E-state index contributed by atoms with van der Waals surface area (Å²) in [6.45, 7) is 3.22. The van der Waals surface area contributed by atoms with E-state index in [4.69, 9.17) is 5.73 Å². The van der Waals surface area contributed by atoms with Crippen molar-refractivity contribution in [2.75, 3.05) is 18.4 Å². The van der Waals surface area contributed by atoms with E-state index >= 15 is 0 Å². The fourth-order valence-electron chi connectivity index (χ4n) is 3.51. The molecule has 4 rings (SSSR count). The van der Waals surface area contributed by atoms with Gasteiger partial charge in [-0.05, 0) is 43.2 Å². The summed E-state index contributed by atoms with van der Waals surface area (Å²) in [6.07, 6.45) is 3.93. The topological polar surface area (TPSA) is 119 Å². The van der Waals surface area contributed by atoms with Crippen molar-refractivity contribution in [3.05, 3.63) is 65.7 Å². The lowest BCUT2D eigenvalue weighted by molar-refractivity contribution is 0.0790. The molecule has 3 N–H and O–H groups in total. The number of nitrogens with two attached hydrogens (primary N) is 1. The van der Waals surface area contributed by atoms with E-state index in [9.17, 15) is 9.59 Å². The van der Waals surface area contributed by atoms with Crippen LogP contribution in [-0.4, -0.2) is 55.6 Å². The number of aryl methyl sites for hydroxylation is 1. The molecule has 1 saturated heterocycles. The van der Waals surface area contributed by atoms with Crippen molar-refractivity contribution >= 4 is 29.3 Å². The highest BCUT2D eigenvalue weighted by molar-refractivity contribution is 7.99. The monoisotopic (exact) mass is 451 g/mol. The molecule has 1 aliphatic rings. The first kappa shape index (κ1) is 22.0. The molecule has 0 aliphatic carbocycles. The van der Waals surface area contributed by atoms with Gasteiger partial charge in [0, 0.05) is 48.9 Å². The Morgan fingerprint density at radius 2 is 2.12 bits per heavy atom. The van der Waals surface area contributed by atoms with Crippen molar-refractivity contribution in [2.24, 2.45) is 12.8 Å². The minimum absolute atomic E-state index is 0.00468. The van der Waals surface area contributed by atoms with Crippen molar-refractivity contribution in [3.8, 4) is 0 Å². The summed E-state index contributed by atoms with van der Waals surface area (Å²) in [6, 6.07) is 10.8. The number of thioether (sulfide) groups is 1. The second-order valence-corrected chi connectivity index (χ2v) is 9.10. The Morgan fingerprint density at radius 3 is 2.84 bits per heavy atom. The third-order valence-electron chi connectivity index (χ3n) is 5.32. The summed E-state index contributed by atoms with van der Waals surface area (Å²) in [4.78, 5) is 31.4. The molecule has 1 fully saturated rings. The van der Waals surface area contributed by atoms with Crippen LogP contribution in [0.1, 0.15) is 45.0 Å². The molecule has 0 spiro atoms. The molecule has 2 amide bonds. The van der Waals surface area contributed by atoms with Crippen LogP contribution < -0.4 is 11.1 Å². The number of nitrogens with zero attached hydrogens (tertiary/aromatic N) is 5. The Hall–Kier alpha value is -3.24. The van der Waals surface area contributed by atoms with Crippen molar-refractivity contribution in [1.82, 2.24) is 24.6 Å². The predicted molar refractivity (Wildman–Crippen MR) is 122 cm³/mol. The van der Waals surface area contributed by atoms with Gasteiger partial charge in [0.1, 0.15) is 12.0 Å². The highest BCUT2D eigenvalue weighted by Gasteiger charge is 2.25. The zero-order valence-electron chi connectivity index (χ0n) is 17.9. The average molecular weight is 452 g/mol. The Kier molecular flexibility index (Phi) is 6.52. The molecule has 2 aromatic heterocycles. The summed E-state index contributed by atoms with van der Waals surface area (Å²) < 4.78 is 1.86. The summed E-state index contributed by atoms with van der Waals surface area (Å²) in [7, 11) is 1.90. The summed E-state index contributed by atoms with van der Waals surface area (Å²) in [5.74, 6) is -0.505. The number of likely N-dealkylation sites (tertiary alicyclic amines) is 1. The number of carbonyl (C=O) groups excluding carboxylic acids is 2. The van der Waals surface area contributed by atoms with E-state index in [-0.39, 0.29) is 28.8 Å². The smallest absolute Gasteiger partial charge is 0.274 e. The molecule has 1 aliphatic heterocycles. The molecule has 166 valence electrons. The number of benzene rings is 1. The maximum absolute atomic E-state index is 12.8. The number of pyridine rings is 1. The Morgan fingerprint density at radius 1 is 1.28 bits per heavy atom. The molecular weight excluding hydrogens is 426 g/mol. The van der Waals surface area contributed by atoms with Gasteiger partial charge in [-0.2, -0.15) is 0 Å². The number of aromatic nitrogens is 4. The van der Waals surface area contributed by atoms with Crippen molar-refractivity contribution < 1.29 is 9.59 Å². The van der Waals surface area contributed by atoms with E-state index in [1.807, 2.05) is 35.9 Å². The van der Waals surface area contributed by atoms with E-state index in [2.05, 4.69) is 27.4 Å². The molecule has 2 atom stereocenters. The summed E-state index contributed by atoms with van der Waals surface area (Å²) in [5.41, 5.74) is 8.22. The highest BCUT2D eigenvalue weighted by Crippen LogP contribution is 2.34. The zero-order chi connectivity index (χ0) is 22.7. The maximum atomic E-state index is 12.8. The number of hydrogen-bond donors (Lipinski definition) is 2. The molecule has 0 unspecified atom stereocenters. The average Bonchev–Trinajstić information content (AvgIpc) is 3.41. The molecule has 0 saturated carbocycles. The number of amides is 2. The minimum Gasteiger partial charge on any atom is -0.337 e. The first-order chi connectivity index (χ1) is 15.4. The van der Waals surface area contributed by atoms with Gasteiger partial charge in [-0.25, -0.2) is 0 Å². The number of nitrogens with one attached hydrogen (secondary N) is 1. The van der Waals surface area contributed by atoms with Crippen LogP contribution in [0.3, 0.4) is 0 Å². The Labute approximate surface area is 190 Å². The van der Waals surface area contributed by atoms with Gasteiger partial charge in [-0.15, -0.1) is 10.2 Å². The summed E-state index contributed by atoms with van der Waals surface area (Å²) >= 11 is 1.58. The molecule has 1 aromatic carbocycles. The quantitative estimate of drug-likeness (QED) is 0.553. The van der Waals surface area contributed by atoms with E-state index in [1.54, 1.807) is 29.1 Å². The Bertz CT molecular complexity index is 1130. The summed E-state index contributed by atoms with van der Waals surface area (Å²) in [5, 5.41) is 11.8. The van der Waals surface area contributed by atoms with Crippen LogP contribution in [0.2, 0.25) is 0 Å². The molecule has 32 heavy (non-hydrogen) atoms. The van der Waals surface area contributed by atoms with E-state index in [0.29, 0.717) is 24.3 Å². The van der Waals surface area contributed by atoms with Gasteiger partial charge in [0.15, 0.2) is 5.16 Å². The van der Waals surface area contributed by atoms with Gasteiger partial charge in [-0.1, -0.05) is 23.9 Å². The first-order valence-electron chi connectivity index (χ1n) is 10.3. The molecule has 10 heteroatoms.